The molecule has 0 spiro atoms. The Bertz CT molecular complexity index is 619. The van der Waals surface area contributed by atoms with E-state index < -0.39 is 5.97 Å². The van der Waals surface area contributed by atoms with Crippen LogP contribution in [0.5, 0.6) is 0 Å². The second kappa shape index (κ2) is 4.87. The monoisotopic (exact) mass is 243 g/mol. The number of benzene rings is 2. The minimum atomic E-state index is -1.06. The van der Waals surface area contributed by atoms with E-state index in [1.807, 2.05) is 37.3 Å². The van der Waals surface area contributed by atoms with E-state index in [1.54, 1.807) is 6.07 Å². The van der Waals surface area contributed by atoms with E-state index in [0.29, 0.717) is 5.56 Å². The van der Waals surface area contributed by atoms with Crippen LogP contribution in [-0.4, -0.2) is 23.5 Å². The van der Waals surface area contributed by atoms with Crippen molar-refractivity contribution in [1.29, 1.82) is 0 Å². The second-order valence-corrected chi connectivity index (χ2v) is 4.05. The van der Waals surface area contributed by atoms with Crippen LogP contribution in [0.2, 0.25) is 0 Å². The van der Waals surface area contributed by atoms with E-state index in [0.717, 1.165) is 16.3 Å². The minimum absolute atomic E-state index is 0.367. The molecular weight excluding hydrogens is 230 g/mol. The first-order valence-electron chi connectivity index (χ1n) is 5.58. The fourth-order valence-electron chi connectivity index (χ4n) is 1.90. The largest absolute Gasteiger partial charge is 0.480 e. The third-order valence-electron chi connectivity index (χ3n) is 2.79. The molecule has 0 bridgehead atoms. The van der Waals surface area contributed by atoms with Crippen LogP contribution in [0.4, 0.5) is 0 Å². The van der Waals surface area contributed by atoms with Crippen LogP contribution in [0.3, 0.4) is 0 Å². The molecule has 0 unspecified atom stereocenters. The highest BCUT2D eigenvalue weighted by Crippen LogP contribution is 2.22. The molecule has 4 heteroatoms. The summed E-state index contributed by atoms with van der Waals surface area (Å²) in [5.41, 5.74) is 1.58. The molecule has 0 saturated heterocycles. The van der Waals surface area contributed by atoms with Crippen molar-refractivity contribution in [1.82, 2.24) is 5.32 Å². The van der Waals surface area contributed by atoms with Gasteiger partial charge in [0.2, 0.25) is 0 Å². The van der Waals surface area contributed by atoms with Gasteiger partial charge in [-0.25, -0.2) is 0 Å². The van der Waals surface area contributed by atoms with Gasteiger partial charge in [0.25, 0.3) is 5.91 Å². The Balaban J connectivity index is 2.42. The van der Waals surface area contributed by atoms with Crippen molar-refractivity contribution in [3.8, 4) is 0 Å². The zero-order valence-corrected chi connectivity index (χ0v) is 9.93. The van der Waals surface area contributed by atoms with E-state index in [9.17, 15) is 9.59 Å². The Morgan fingerprint density at radius 2 is 1.78 bits per heavy atom. The number of fused-ring (bicyclic) bond motifs is 1. The lowest BCUT2D eigenvalue weighted by atomic mass is 10.00. The number of hydrogen-bond donors (Lipinski definition) is 2. The molecule has 0 heterocycles. The summed E-state index contributed by atoms with van der Waals surface area (Å²) in [5, 5.41) is 12.8. The summed E-state index contributed by atoms with van der Waals surface area (Å²) >= 11 is 0. The zero-order chi connectivity index (χ0) is 13.1. The SMILES string of the molecule is Cc1ccc(C(=O)NCC(=O)O)c2ccccc12. The molecule has 0 aromatic heterocycles. The van der Waals surface area contributed by atoms with Gasteiger partial charge in [-0.05, 0) is 29.3 Å². The van der Waals surface area contributed by atoms with Crippen molar-refractivity contribution in [2.75, 3.05) is 6.54 Å². The number of amides is 1. The van der Waals surface area contributed by atoms with Crippen molar-refractivity contribution in [3.05, 3.63) is 47.5 Å². The average Bonchev–Trinajstić information content (AvgIpc) is 2.37. The summed E-state index contributed by atoms with van der Waals surface area (Å²) in [4.78, 5) is 22.3. The van der Waals surface area contributed by atoms with Gasteiger partial charge in [0.15, 0.2) is 0 Å². The van der Waals surface area contributed by atoms with Crippen molar-refractivity contribution >= 4 is 22.6 Å². The molecular formula is C14H13NO3. The number of carboxylic acids is 1. The Morgan fingerprint density at radius 1 is 1.11 bits per heavy atom. The summed E-state index contributed by atoms with van der Waals surface area (Å²) in [6, 6.07) is 11.1. The smallest absolute Gasteiger partial charge is 0.322 e. The molecule has 2 N–H and O–H groups in total. The molecule has 18 heavy (non-hydrogen) atoms. The molecule has 0 aliphatic rings. The molecule has 1 amide bonds. The van der Waals surface area contributed by atoms with E-state index in [-0.39, 0.29) is 12.5 Å². The molecule has 0 fully saturated rings. The average molecular weight is 243 g/mol. The van der Waals surface area contributed by atoms with Crippen LogP contribution in [0.25, 0.3) is 10.8 Å². The molecule has 0 radical (unpaired) electrons. The van der Waals surface area contributed by atoms with Crippen LogP contribution in [0.15, 0.2) is 36.4 Å². The summed E-state index contributed by atoms with van der Waals surface area (Å²) in [7, 11) is 0. The van der Waals surface area contributed by atoms with E-state index in [1.165, 1.54) is 0 Å². The maximum absolute atomic E-state index is 11.9. The third-order valence-corrected chi connectivity index (χ3v) is 2.79. The van der Waals surface area contributed by atoms with Crippen molar-refractivity contribution < 1.29 is 14.7 Å². The van der Waals surface area contributed by atoms with Crippen molar-refractivity contribution in [3.63, 3.8) is 0 Å². The summed E-state index contributed by atoms with van der Waals surface area (Å²) in [6.45, 7) is 1.60. The summed E-state index contributed by atoms with van der Waals surface area (Å²) in [6.07, 6.45) is 0. The first-order valence-corrected chi connectivity index (χ1v) is 5.58. The molecule has 0 aliphatic carbocycles. The number of nitrogens with one attached hydrogen (secondary N) is 1. The first kappa shape index (κ1) is 12.1. The van der Waals surface area contributed by atoms with Gasteiger partial charge < -0.3 is 10.4 Å². The number of hydrogen-bond acceptors (Lipinski definition) is 2. The number of carbonyl (C=O) groups excluding carboxylic acids is 1. The standard InChI is InChI=1S/C14H13NO3/c1-9-6-7-12(14(18)15-8-13(16)17)11-5-3-2-4-10(9)11/h2-7H,8H2,1H3,(H,15,18)(H,16,17). The predicted octanol–water partition coefficient (Wildman–Crippen LogP) is 1.96. The molecule has 2 rings (SSSR count). The van der Waals surface area contributed by atoms with Gasteiger partial charge in [-0.3, -0.25) is 9.59 Å². The van der Waals surface area contributed by atoms with Gasteiger partial charge in [0, 0.05) is 5.56 Å². The van der Waals surface area contributed by atoms with E-state index in [4.69, 9.17) is 5.11 Å². The van der Waals surface area contributed by atoms with Crippen molar-refractivity contribution in [2.24, 2.45) is 0 Å². The van der Waals surface area contributed by atoms with Gasteiger partial charge in [0.1, 0.15) is 6.54 Å². The Kier molecular flexibility index (Phi) is 3.28. The maximum atomic E-state index is 11.9. The van der Waals surface area contributed by atoms with Gasteiger partial charge in [-0.15, -0.1) is 0 Å². The molecule has 92 valence electrons. The lowest BCUT2D eigenvalue weighted by Gasteiger charge is -2.08. The number of rotatable bonds is 3. The fraction of sp³-hybridized carbons (Fsp3) is 0.143. The van der Waals surface area contributed by atoms with Crippen LogP contribution in [0, 0.1) is 6.92 Å². The minimum Gasteiger partial charge on any atom is -0.480 e. The zero-order valence-electron chi connectivity index (χ0n) is 9.93. The van der Waals surface area contributed by atoms with Crippen LogP contribution in [0.1, 0.15) is 15.9 Å². The van der Waals surface area contributed by atoms with Crippen LogP contribution < -0.4 is 5.32 Å². The summed E-state index contributed by atoms with van der Waals surface area (Å²) < 4.78 is 0. The fourth-order valence-corrected chi connectivity index (χ4v) is 1.90. The number of aliphatic carboxylic acids is 1. The maximum Gasteiger partial charge on any atom is 0.322 e. The molecule has 0 aliphatic heterocycles. The predicted molar refractivity (Wildman–Crippen MR) is 68.7 cm³/mol. The topological polar surface area (TPSA) is 66.4 Å². The van der Waals surface area contributed by atoms with Gasteiger partial charge in [-0.2, -0.15) is 0 Å². The normalized spacial score (nSPS) is 10.3. The molecule has 2 aromatic carbocycles. The highest BCUT2D eigenvalue weighted by Gasteiger charge is 2.11. The third kappa shape index (κ3) is 2.32. The van der Waals surface area contributed by atoms with Crippen molar-refractivity contribution in [2.45, 2.75) is 6.92 Å². The molecule has 0 saturated carbocycles. The first-order chi connectivity index (χ1) is 8.59. The van der Waals surface area contributed by atoms with E-state index >= 15 is 0 Å². The molecule has 4 nitrogen and oxygen atoms in total. The quantitative estimate of drug-likeness (QED) is 0.866. The molecule has 2 aromatic rings. The Morgan fingerprint density at radius 3 is 2.44 bits per heavy atom. The van der Waals surface area contributed by atoms with Crippen LogP contribution in [-0.2, 0) is 4.79 Å². The highest BCUT2D eigenvalue weighted by atomic mass is 16.4. The van der Waals surface area contributed by atoms with Gasteiger partial charge in [-0.1, -0.05) is 30.3 Å². The highest BCUT2D eigenvalue weighted by molar-refractivity contribution is 6.08. The van der Waals surface area contributed by atoms with Gasteiger partial charge >= 0.3 is 5.97 Å². The van der Waals surface area contributed by atoms with Crippen LogP contribution >= 0.6 is 0 Å². The lowest BCUT2D eigenvalue weighted by molar-refractivity contribution is -0.135. The second-order valence-electron chi connectivity index (χ2n) is 4.05. The number of aryl methyl sites for hydroxylation is 1. The number of carboxylic acid groups (broad SMARTS) is 1. The summed E-state index contributed by atoms with van der Waals surface area (Å²) in [5.74, 6) is -1.42. The van der Waals surface area contributed by atoms with Gasteiger partial charge in [0.05, 0.1) is 0 Å². The Hall–Kier alpha value is -2.36. The molecule has 0 atom stereocenters. The lowest BCUT2D eigenvalue weighted by Crippen LogP contribution is -2.29. The Labute approximate surface area is 104 Å². The van der Waals surface area contributed by atoms with E-state index in [2.05, 4.69) is 5.32 Å². The number of carbonyl (C=O) groups is 2.